The van der Waals surface area contributed by atoms with Crippen LogP contribution in [0, 0.1) is 39.9 Å². The van der Waals surface area contributed by atoms with Crippen LogP contribution in [0.3, 0.4) is 0 Å². The average Bonchev–Trinajstić information content (AvgIpc) is 2.93. The quantitative estimate of drug-likeness (QED) is 0.283. The molecule has 0 radical (unpaired) electrons. The first kappa shape index (κ1) is 20.9. The van der Waals surface area contributed by atoms with Crippen molar-refractivity contribution >= 4 is 12.2 Å². The van der Waals surface area contributed by atoms with Gasteiger partial charge in [-0.15, -0.1) is 0 Å². The number of hydrogen-bond acceptors (Lipinski definition) is 4. The Hall–Kier alpha value is -1.40. The van der Waals surface area contributed by atoms with Crippen LogP contribution in [0.4, 0.5) is 0 Å². The van der Waals surface area contributed by atoms with E-state index in [0.29, 0.717) is 23.7 Å². The topological polar surface area (TPSA) is 115 Å². The minimum Gasteiger partial charge on any atom is -0.393 e. The second-order valence-electron chi connectivity index (χ2n) is 10.6. The fourth-order valence-corrected chi connectivity index (χ4v) is 7.89. The van der Waals surface area contributed by atoms with Gasteiger partial charge < -0.3 is 15.9 Å². The molecule has 0 aromatic carbocycles. The summed E-state index contributed by atoms with van der Waals surface area (Å²) in [5, 5.41) is 33.3. The Kier molecular flexibility index (Phi) is 5.31. The molecule has 0 amide bonds. The lowest BCUT2D eigenvalue weighted by molar-refractivity contribution is -0.207. The number of guanidine groups is 1. The summed E-state index contributed by atoms with van der Waals surface area (Å²) in [6.07, 6.45) is 15.0. The van der Waals surface area contributed by atoms with Crippen LogP contribution in [0.2, 0.25) is 0 Å². The Morgan fingerprint density at radius 2 is 1.90 bits per heavy atom. The van der Waals surface area contributed by atoms with E-state index in [4.69, 9.17) is 11.1 Å². The number of rotatable bonds is 3. The van der Waals surface area contributed by atoms with Crippen LogP contribution in [-0.2, 0) is 0 Å². The van der Waals surface area contributed by atoms with E-state index >= 15 is 0 Å². The second kappa shape index (κ2) is 7.38. The van der Waals surface area contributed by atoms with Crippen molar-refractivity contribution in [3.05, 3.63) is 12.2 Å². The van der Waals surface area contributed by atoms with Crippen LogP contribution in [-0.4, -0.2) is 34.1 Å². The third-order valence-corrected chi connectivity index (χ3v) is 9.59. The Balaban J connectivity index is 1.53. The molecular formula is C23H38N4O2. The molecule has 29 heavy (non-hydrogen) atoms. The molecular weight excluding hydrogens is 364 g/mol. The predicted octanol–water partition coefficient (Wildman–Crippen LogP) is 3.15. The van der Waals surface area contributed by atoms with E-state index in [1.807, 2.05) is 6.08 Å². The normalized spacial score (nSPS) is 49.6. The Labute approximate surface area is 174 Å². The van der Waals surface area contributed by atoms with Gasteiger partial charge >= 0.3 is 0 Å². The van der Waals surface area contributed by atoms with Crippen molar-refractivity contribution in [3.63, 3.8) is 0 Å². The molecule has 6 nitrogen and oxygen atoms in total. The van der Waals surface area contributed by atoms with Crippen LogP contribution < -0.4 is 11.2 Å². The van der Waals surface area contributed by atoms with Crippen LogP contribution >= 0.6 is 0 Å². The summed E-state index contributed by atoms with van der Waals surface area (Å²) in [7, 11) is 0. The highest BCUT2D eigenvalue weighted by Crippen LogP contribution is 2.69. The maximum Gasteiger partial charge on any atom is 0.206 e. The SMILES string of the molecule is C[C@]12CC[C@H](O)C[C@H]1CC[C@@H]1[C@@H]2CC[C@]2(C)[C@@H](/C=C/C=N/NC(=N)N)CC[C@]12O. The first-order valence-corrected chi connectivity index (χ1v) is 11.4. The molecule has 4 aliphatic rings. The van der Waals surface area contributed by atoms with Crippen LogP contribution in [0.5, 0.6) is 0 Å². The van der Waals surface area contributed by atoms with Gasteiger partial charge in [0.05, 0.1) is 11.7 Å². The van der Waals surface area contributed by atoms with Gasteiger partial charge in [0.15, 0.2) is 0 Å². The summed E-state index contributed by atoms with van der Waals surface area (Å²) in [5.41, 5.74) is 7.25. The Morgan fingerprint density at radius 3 is 2.66 bits per heavy atom. The number of allylic oxidation sites excluding steroid dienone is 2. The van der Waals surface area contributed by atoms with Crippen molar-refractivity contribution in [1.29, 1.82) is 5.41 Å². The molecule has 0 unspecified atom stereocenters. The van der Waals surface area contributed by atoms with Gasteiger partial charge in [-0.3, -0.25) is 5.41 Å². The molecule has 4 rings (SSSR count). The highest BCUT2D eigenvalue weighted by molar-refractivity contribution is 5.77. The van der Waals surface area contributed by atoms with E-state index in [2.05, 4.69) is 30.5 Å². The monoisotopic (exact) mass is 402 g/mol. The zero-order chi connectivity index (χ0) is 20.9. The summed E-state index contributed by atoms with van der Waals surface area (Å²) < 4.78 is 0. The molecule has 4 fully saturated rings. The molecule has 0 aromatic heterocycles. The minimum absolute atomic E-state index is 0.0934. The van der Waals surface area contributed by atoms with Gasteiger partial charge in [-0.1, -0.05) is 19.9 Å². The Morgan fingerprint density at radius 1 is 1.10 bits per heavy atom. The van der Waals surface area contributed by atoms with Gasteiger partial charge in [-0.2, -0.15) is 5.10 Å². The van der Waals surface area contributed by atoms with Crippen molar-refractivity contribution in [1.82, 2.24) is 5.43 Å². The molecule has 4 aliphatic carbocycles. The number of nitrogens with two attached hydrogens (primary N) is 1. The molecule has 162 valence electrons. The van der Waals surface area contributed by atoms with Crippen molar-refractivity contribution in [2.75, 3.05) is 0 Å². The van der Waals surface area contributed by atoms with Gasteiger partial charge in [-0.25, -0.2) is 5.43 Å². The lowest BCUT2D eigenvalue weighted by Gasteiger charge is -2.63. The number of hydrogen-bond donors (Lipinski definition) is 5. The van der Waals surface area contributed by atoms with E-state index in [1.165, 1.54) is 6.42 Å². The van der Waals surface area contributed by atoms with Crippen molar-refractivity contribution in [2.24, 2.45) is 45.3 Å². The van der Waals surface area contributed by atoms with Crippen molar-refractivity contribution in [2.45, 2.75) is 83.3 Å². The summed E-state index contributed by atoms with van der Waals surface area (Å²) in [5.74, 6) is 1.74. The third kappa shape index (κ3) is 3.23. The van der Waals surface area contributed by atoms with Crippen molar-refractivity contribution in [3.8, 4) is 0 Å². The summed E-state index contributed by atoms with van der Waals surface area (Å²) in [4.78, 5) is 0. The van der Waals surface area contributed by atoms with E-state index in [-0.39, 0.29) is 22.9 Å². The number of nitrogens with zero attached hydrogens (tertiary/aromatic N) is 1. The molecule has 6 heteroatoms. The number of hydrazone groups is 1. The van der Waals surface area contributed by atoms with Crippen LogP contribution in [0.15, 0.2) is 17.3 Å². The van der Waals surface area contributed by atoms with Crippen LogP contribution in [0.1, 0.15) is 71.6 Å². The largest absolute Gasteiger partial charge is 0.393 e. The van der Waals surface area contributed by atoms with Gasteiger partial charge in [0.25, 0.3) is 0 Å². The van der Waals surface area contributed by atoms with Crippen LogP contribution in [0.25, 0.3) is 0 Å². The standard InChI is InChI=1S/C23H38N4O2/c1-21-10-8-17(28)14-16(21)5-6-19-18(21)9-11-22(2)15(7-12-23(19,22)29)4-3-13-26-27-20(24)25/h3-4,13,15-19,28-29H,5-12,14H2,1-2H3,(H4,24,25,27)/b4-3+,26-13+/t15-,16+,17-,18-,19+,21-,22+,23-/m0/s1. The highest BCUT2D eigenvalue weighted by Gasteiger charge is 2.66. The molecule has 8 atom stereocenters. The fraction of sp³-hybridized carbons (Fsp3) is 0.826. The molecule has 4 saturated carbocycles. The van der Waals surface area contributed by atoms with Gasteiger partial charge in [0.1, 0.15) is 0 Å². The molecule has 0 spiro atoms. The molecule has 6 N–H and O–H groups in total. The lowest BCUT2D eigenvalue weighted by atomic mass is 9.43. The van der Waals surface area contributed by atoms with E-state index in [0.717, 1.165) is 51.4 Å². The summed E-state index contributed by atoms with van der Waals surface area (Å²) in [6, 6.07) is 0. The molecule has 0 aliphatic heterocycles. The summed E-state index contributed by atoms with van der Waals surface area (Å²) in [6.45, 7) is 4.76. The first-order valence-electron chi connectivity index (χ1n) is 11.4. The molecule has 0 saturated heterocycles. The van der Waals surface area contributed by atoms with E-state index < -0.39 is 5.60 Å². The third-order valence-electron chi connectivity index (χ3n) is 9.59. The predicted molar refractivity (Wildman–Crippen MR) is 115 cm³/mol. The lowest BCUT2D eigenvalue weighted by Crippen LogP contribution is -2.62. The number of nitrogens with one attached hydrogen (secondary N) is 2. The maximum atomic E-state index is 12.1. The molecule has 0 aromatic rings. The highest BCUT2D eigenvalue weighted by atomic mass is 16.3. The molecule has 0 heterocycles. The Bertz CT molecular complexity index is 709. The number of aliphatic hydroxyl groups is 2. The fourth-order valence-electron chi connectivity index (χ4n) is 7.89. The zero-order valence-corrected chi connectivity index (χ0v) is 17.9. The van der Waals surface area contributed by atoms with E-state index in [1.54, 1.807) is 6.21 Å². The maximum absolute atomic E-state index is 12.1. The van der Waals surface area contributed by atoms with Gasteiger partial charge in [0, 0.05) is 11.6 Å². The smallest absolute Gasteiger partial charge is 0.206 e. The summed E-state index contributed by atoms with van der Waals surface area (Å²) >= 11 is 0. The number of aliphatic hydroxyl groups excluding tert-OH is 1. The first-order chi connectivity index (χ1) is 13.7. The van der Waals surface area contributed by atoms with Gasteiger partial charge in [-0.05, 0) is 93.0 Å². The average molecular weight is 403 g/mol. The van der Waals surface area contributed by atoms with Gasteiger partial charge in [0.2, 0.25) is 5.96 Å². The van der Waals surface area contributed by atoms with Crippen molar-refractivity contribution < 1.29 is 10.2 Å². The number of fused-ring (bicyclic) bond motifs is 5. The zero-order valence-electron chi connectivity index (χ0n) is 17.9. The van der Waals surface area contributed by atoms with E-state index in [9.17, 15) is 10.2 Å². The minimum atomic E-state index is -0.594. The molecule has 0 bridgehead atoms. The second-order valence-corrected chi connectivity index (χ2v) is 10.6.